The Balaban J connectivity index is 2.00. The van der Waals surface area contributed by atoms with E-state index in [1.807, 2.05) is 0 Å². The lowest BCUT2D eigenvalue weighted by molar-refractivity contribution is -0.106. The average molecular weight is 343 g/mol. The van der Waals surface area contributed by atoms with Gasteiger partial charge >= 0.3 is 0 Å². The van der Waals surface area contributed by atoms with E-state index in [1.165, 1.54) is 0 Å². The van der Waals surface area contributed by atoms with E-state index in [-0.39, 0.29) is 6.54 Å². The van der Waals surface area contributed by atoms with E-state index in [0.29, 0.717) is 28.4 Å². The molecule has 1 aliphatic carbocycles. The number of hydrogen-bond donors (Lipinski definition) is 2. The molecule has 1 aliphatic rings. The minimum atomic E-state index is 0.224. The van der Waals surface area contributed by atoms with Crippen molar-refractivity contribution in [1.82, 2.24) is 9.97 Å². The van der Waals surface area contributed by atoms with Crippen molar-refractivity contribution in [2.75, 3.05) is 24.3 Å². The summed E-state index contributed by atoms with van der Waals surface area (Å²) in [7, 11) is 1.76. The standard InChI is InChI=1S/C13H19BrN4O2/c1-20-10-4-2-9(3-5-10)17-13-12(15-6-7-19)16-8-11(14)18-13/h7-10H,2-6H2,1H3,(H,15,16)(H,17,18)/t9-,10-. The number of methoxy groups -OCH3 is 1. The fourth-order valence-corrected chi connectivity index (χ4v) is 2.65. The number of nitrogens with zero attached hydrogens (tertiary/aromatic N) is 2. The first-order valence-corrected chi connectivity index (χ1v) is 7.51. The fraction of sp³-hybridized carbons (Fsp3) is 0.615. The molecule has 6 nitrogen and oxygen atoms in total. The third kappa shape index (κ3) is 4.14. The van der Waals surface area contributed by atoms with Gasteiger partial charge in [0.2, 0.25) is 0 Å². The number of hydrogen-bond acceptors (Lipinski definition) is 6. The number of aromatic nitrogens is 2. The summed E-state index contributed by atoms with van der Waals surface area (Å²) in [5.74, 6) is 1.29. The molecule has 110 valence electrons. The number of anilines is 2. The molecule has 2 N–H and O–H groups in total. The number of ether oxygens (including phenoxy) is 1. The molecule has 1 aromatic rings. The zero-order valence-corrected chi connectivity index (χ0v) is 13.0. The largest absolute Gasteiger partial charge is 0.381 e. The molecule has 1 saturated carbocycles. The molecule has 1 heterocycles. The molecule has 0 atom stereocenters. The number of halogens is 1. The van der Waals surface area contributed by atoms with E-state index in [9.17, 15) is 4.79 Å². The predicted octanol–water partition coefficient (Wildman–Crippen LogP) is 2.22. The summed E-state index contributed by atoms with van der Waals surface area (Å²) in [6.07, 6.45) is 6.96. The maximum Gasteiger partial charge on any atom is 0.170 e. The molecular formula is C13H19BrN4O2. The number of rotatable bonds is 6. The summed E-state index contributed by atoms with van der Waals surface area (Å²) < 4.78 is 6.04. The monoisotopic (exact) mass is 342 g/mol. The van der Waals surface area contributed by atoms with Crippen LogP contribution in [-0.2, 0) is 9.53 Å². The highest BCUT2D eigenvalue weighted by Gasteiger charge is 2.22. The molecule has 20 heavy (non-hydrogen) atoms. The van der Waals surface area contributed by atoms with Gasteiger partial charge in [-0.1, -0.05) is 0 Å². The Morgan fingerprint density at radius 2 is 2.15 bits per heavy atom. The highest BCUT2D eigenvalue weighted by atomic mass is 79.9. The van der Waals surface area contributed by atoms with Crippen LogP contribution in [0, 0.1) is 0 Å². The molecule has 0 aliphatic heterocycles. The van der Waals surface area contributed by atoms with Gasteiger partial charge in [-0.15, -0.1) is 0 Å². The van der Waals surface area contributed by atoms with E-state index < -0.39 is 0 Å². The van der Waals surface area contributed by atoms with Gasteiger partial charge in [0.05, 0.1) is 18.8 Å². The summed E-state index contributed by atoms with van der Waals surface area (Å²) in [4.78, 5) is 19.1. The Morgan fingerprint density at radius 3 is 2.80 bits per heavy atom. The lowest BCUT2D eigenvalue weighted by Gasteiger charge is -2.28. The van der Waals surface area contributed by atoms with E-state index >= 15 is 0 Å². The van der Waals surface area contributed by atoms with Gasteiger partial charge in [0.15, 0.2) is 11.6 Å². The lowest BCUT2D eigenvalue weighted by Crippen LogP contribution is -2.30. The molecule has 7 heteroatoms. The molecule has 0 saturated heterocycles. The molecule has 1 aromatic heterocycles. The van der Waals surface area contributed by atoms with Crippen LogP contribution in [0.15, 0.2) is 10.8 Å². The highest BCUT2D eigenvalue weighted by Crippen LogP contribution is 2.26. The van der Waals surface area contributed by atoms with Crippen LogP contribution in [0.25, 0.3) is 0 Å². The number of nitrogens with one attached hydrogen (secondary N) is 2. The third-order valence-corrected chi connectivity index (χ3v) is 3.83. The van der Waals surface area contributed by atoms with E-state index in [1.54, 1.807) is 13.3 Å². The van der Waals surface area contributed by atoms with Gasteiger partial charge in [-0.05, 0) is 41.6 Å². The number of aldehydes is 1. The van der Waals surface area contributed by atoms with Crippen molar-refractivity contribution in [3.8, 4) is 0 Å². The van der Waals surface area contributed by atoms with Gasteiger partial charge in [-0.3, -0.25) is 0 Å². The van der Waals surface area contributed by atoms with Gasteiger partial charge in [-0.25, -0.2) is 9.97 Å². The van der Waals surface area contributed by atoms with E-state index in [2.05, 4.69) is 36.5 Å². The van der Waals surface area contributed by atoms with Crippen LogP contribution < -0.4 is 10.6 Å². The molecule has 0 spiro atoms. The minimum absolute atomic E-state index is 0.224. The lowest BCUT2D eigenvalue weighted by atomic mass is 9.93. The van der Waals surface area contributed by atoms with E-state index in [0.717, 1.165) is 32.0 Å². The van der Waals surface area contributed by atoms with Crippen molar-refractivity contribution in [3.63, 3.8) is 0 Å². The zero-order valence-electron chi connectivity index (χ0n) is 11.4. The van der Waals surface area contributed by atoms with Crippen LogP contribution in [0.2, 0.25) is 0 Å². The maximum atomic E-state index is 10.5. The Morgan fingerprint density at radius 1 is 1.40 bits per heavy atom. The van der Waals surface area contributed by atoms with Crippen molar-refractivity contribution in [2.45, 2.75) is 37.8 Å². The summed E-state index contributed by atoms with van der Waals surface area (Å²) in [5, 5.41) is 6.36. The smallest absolute Gasteiger partial charge is 0.170 e. The minimum Gasteiger partial charge on any atom is -0.381 e. The summed E-state index contributed by atoms with van der Waals surface area (Å²) in [6, 6.07) is 0.363. The number of carbonyl (C=O) groups is 1. The summed E-state index contributed by atoms with van der Waals surface area (Å²) in [5.41, 5.74) is 0. The zero-order chi connectivity index (χ0) is 14.4. The van der Waals surface area contributed by atoms with Crippen molar-refractivity contribution in [1.29, 1.82) is 0 Å². The van der Waals surface area contributed by atoms with Crippen LogP contribution in [-0.4, -0.2) is 42.1 Å². The Hall–Kier alpha value is -1.21. The molecular weight excluding hydrogens is 324 g/mol. The van der Waals surface area contributed by atoms with Crippen LogP contribution in [0.1, 0.15) is 25.7 Å². The van der Waals surface area contributed by atoms with Crippen molar-refractivity contribution >= 4 is 33.9 Å². The summed E-state index contributed by atoms with van der Waals surface area (Å²) >= 11 is 3.32. The van der Waals surface area contributed by atoms with Crippen molar-refractivity contribution in [3.05, 3.63) is 10.8 Å². The van der Waals surface area contributed by atoms with Gasteiger partial charge in [0, 0.05) is 13.2 Å². The second kappa shape index (κ2) is 7.54. The van der Waals surface area contributed by atoms with Crippen LogP contribution in [0.3, 0.4) is 0 Å². The fourth-order valence-electron chi connectivity index (χ4n) is 2.37. The Kier molecular flexibility index (Phi) is 5.72. The second-order valence-electron chi connectivity index (χ2n) is 4.79. The van der Waals surface area contributed by atoms with Crippen LogP contribution in [0.4, 0.5) is 11.6 Å². The normalized spacial score (nSPS) is 22.3. The topological polar surface area (TPSA) is 76.1 Å². The molecule has 0 aromatic carbocycles. The third-order valence-electron chi connectivity index (χ3n) is 3.44. The van der Waals surface area contributed by atoms with Gasteiger partial charge < -0.3 is 20.2 Å². The molecule has 0 unspecified atom stereocenters. The maximum absolute atomic E-state index is 10.5. The molecule has 0 radical (unpaired) electrons. The first-order valence-electron chi connectivity index (χ1n) is 6.72. The molecule has 1 fully saturated rings. The second-order valence-corrected chi connectivity index (χ2v) is 5.60. The first-order chi connectivity index (χ1) is 9.72. The van der Waals surface area contributed by atoms with Crippen LogP contribution in [0.5, 0.6) is 0 Å². The molecule has 0 bridgehead atoms. The van der Waals surface area contributed by atoms with Crippen molar-refractivity contribution in [2.24, 2.45) is 0 Å². The van der Waals surface area contributed by atoms with Crippen molar-refractivity contribution < 1.29 is 9.53 Å². The number of carbonyl (C=O) groups excluding carboxylic acids is 1. The quantitative estimate of drug-likeness (QED) is 0.772. The van der Waals surface area contributed by atoms with E-state index in [4.69, 9.17) is 4.74 Å². The Labute approximate surface area is 126 Å². The van der Waals surface area contributed by atoms with Gasteiger partial charge in [0.1, 0.15) is 10.9 Å². The molecule has 0 amide bonds. The highest BCUT2D eigenvalue weighted by molar-refractivity contribution is 9.10. The SMILES string of the molecule is CO[C@H]1CC[C@H](Nc2nc(Br)cnc2NCC=O)CC1. The van der Waals surface area contributed by atoms with Gasteiger partial charge in [-0.2, -0.15) is 0 Å². The first kappa shape index (κ1) is 15.2. The Bertz CT molecular complexity index is 450. The summed E-state index contributed by atoms with van der Waals surface area (Å²) in [6.45, 7) is 0.224. The predicted molar refractivity (Wildman–Crippen MR) is 81.0 cm³/mol. The molecule has 2 rings (SSSR count). The van der Waals surface area contributed by atoms with Gasteiger partial charge in [0.25, 0.3) is 0 Å². The average Bonchev–Trinajstić information content (AvgIpc) is 2.47. The van der Waals surface area contributed by atoms with Crippen LogP contribution >= 0.6 is 15.9 Å².